The average molecular weight is 583 g/mol. The first-order valence-electron chi connectivity index (χ1n) is 17.3. The van der Waals surface area contributed by atoms with Crippen molar-refractivity contribution in [3.63, 3.8) is 0 Å². The van der Waals surface area contributed by atoms with E-state index in [9.17, 15) is 0 Å². The largest absolute Gasteiger partial charge is 0.493 e. The van der Waals surface area contributed by atoms with Gasteiger partial charge in [-0.15, -0.1) is 0 Å². The number of nitrogen functional groups attached to an aromatic ring is 2. The van der Waals surface area contributed by atoms with Crippen LogP contribution in [0.5, 0.6) is 17.2 Å². The van der Waals surface area contributed by atoms with Crippen molar-refractivity contribution in [2.24, 2.45) is 0 Å². The summed E-state index contributed by atoms with van der Waals surface area (Å²) < 4.78 is 18.4. The van der Waals surface area contributed by atoms with E-state index < -0.39 is 0 Å². The summed E-state index contributed by atoms with van der Waals surface area (Å²) in [4.78, 5) is 0. The third-order valence-electron chi connectivity index (χ3n) is 7.90. The molecule has 0 spiro atoms. The fourth-order valence-corrected chi connectivity index (χ4v) is 5.30. The molecule has 0 bridgehead atoms. The summed E-state index contributed by atoms with van der Waals surface area (Å²) in [6.45, 7) is 6.39. The standard InChI is InChI=1S/C37H62N2O3/c1-3-5-7-9-11-13-15-17-19-21-25-40-34-27-32(31-42-37-24-23-33(38)29-36(37)39)28-35(30-34)41-26-22-20-18-16-14-12-10-8-6-4-2/h23-24,27-30H,3-22,25-26,31,38-39H2,1-2H3. The summed E-state index contributed by atoms with van der Waals surface area (Å²) in [5.41, 5.74) is 14.1. The predicted molar refractivity (Wildman–Crippen MR) is 181 cm³/mol. The molecule has 0 heterocycles. The van der Waals surface area contributed by atoms with E-state index in [1.807, 2.05) is 12.1 Å². The molecule has 4 N–H and O–H groups in total. The first-order chi connectivity index (χ1) is 20.6. The molecule has 2 aromatic carbocycles. The molecule has 0 fully saturated rings. The Balaban J connectivity index is 1.75. The SMILES string of the molecule is CCCCCCCCCCCCOc1cc(COc2ccc(N)cc2N)cc(OCCCCCCCCCCCC)c1. The lowest BCUT2D eigenvalue weighted by Gasteiger charge is -2.14. The zero-order valence-electron chi connectivity index (χ0n) is 27.1. The fourth-order valence-electron chi connectivity index (χ4n) is 5.30. The Kier molecular flexibility index (Phi) is 20.3. The minimum absolute atomic E-state index is 0.387. The van der Waals surface area contributed by atoms with Gasteiger partial charge in [-0.3, -0.25) is 0 Å². The van der Waals surface area contributed by atoms with E-state index >= 15 is 0 Å². The van der Waals surface area contributed by atoms with E-state index in [2.05, 4.69) is 26.0 Å². The van der Waals surface area contributed by atoms with Crippen LogP contribution >= 0.6 is 0 Å². The molecule has 0 saturated carbocycles. The van der Waals surface area contributed by atoms with Gasteiger partial charge >= 0.3 is 0 Å². The van der Waals surface area contributed by atoms with E-state index in [4.69, 9.17) is 25.7 Å². The number of rotatable bonds is 27. The van der Waals surface area contributed by atoms with Gasteiger partial charge in [-0.25, -0.2) is 0 Å². The van der Waals surface area contributed by atoms with Crippen LogP contribution in [-0.4, -0.2) is 13.2 Å². The summed E-state index contributed by atoms with van der Waals surface area (Å²) in [7, 11) is 0. The number of unbranched alkanes of at least 4 members (excludes halogenated alkanes) is 18. The van der Waals surface area contributed by atoms with Gasteiger partial charge in [0.15, 0.2) is 0 Å². The Morgan fingerprint density at radius 1 is 0.476 bits per heavy atom. The molecule has 2 rings (SSSR count). The van der Waals surface area contributed by atoms with Crippen LogP contribution in [0, 0.1) is 0 Å². The van der Waals surface area contributed by atoms with Crippen molar-refractivity contribution in [2.75, 3.05) is 24.7 Å². The highest BCUT2D eigenvalue weighted by Crippen LogP contribution is 2.28. The number of ether oxygens (including phenoxy) is 3. The number of hydrogen-bond donors (Lipinski definition) is 2. The average Bonchev–Trinajstić information content (AvgIpc) is 2.98. The Labute approximate surface area is 258 Å². The molecule has 0 aliphatic heterocycles. The molecule has 0 unspecified atom stereocenters. The molecule has 42 heavy (non-hydrogen) atoms. The molecule has 0 saturated heterocycles. The van der Waals surface area contributed by atoms with Gasteiger partial charge in [0.05, 0.1) is 18.9 Å². The lowest BCUT2D eigenvalue weighted by Crippen LogP contribution is -2.04. The highest BCUT2D eigenvalue weighted by atomic mass is 16.5. The summed E-state index contributed by atoms with van der Waals surface area (Å²) >= 11 is 0. The maximum atomic E-state index is 6.18. The van der Waals surface area contributed by atoms with Gasteiger partial charge in [0.1, 0.15) is 23.9 Å². The first kappa shape index (κ1) is 35.6. The molecular formula is C37H62N2O3. The summed E-state index contributed by atoms with van der Waals surface area (Å²) in [6, 6.07) is 11.5. The number of hydrogen-bond acceptors (Lipinski definition) is 5. The molecule has 0 aliphatic rings. The van der Waals surface area contributed by atoms with Gasteiger partial charge in [-0.1, -0.05) is 129 Å². The van der Waals surface area contributed by atoms with Crippen molar-refractivity contribution in [3.8, 4) is 17.2 Å². The topological polar surface area (TPSA) is 79.7 Å². The smallest absolute Gasteiger partial charge is 0.142 e. The zero-order chi connectivity index (χ0) is 30.1. The van der Waals surface area contributed by atoms with Crippen LogP contribution in [0.25, 0.3) is 0 Å². The van der Waals surface area contributed by atoms with Gasteiger partial charge < -0.3 is 25.7 Å². The molecule has 2 aromatic rings. The second-order valence-corrected chi connectivity index (χ2v) is 12.0. The second-order valence-electron chi connectivity index (χ2n) is 12.0. The summed E-state index contributed by atoms with van der Waals surface area (Å²) in [6.07, 6.45) is 26.3. The molecule has 0 amide bonds. The van der Waals surface area contributed by atoms with Gasteiger partial charge in [-0.2, -0.15) is 0 Å². The van der Waals surface area contributed by atoms with Crippen molar-refractivity contribution in [1.82, 2.24) is 0 Å². The minimum Gasteiger partial charge on any atom is -0.493 e. The van der Waals surface area contributed by atoms with Crippen LogP contribution in [0.2, 0.25) is 0 Å². The van der Waals surface area contributed by atoms with Crippen molar-refractivity contribution >= 4 is 11.4 Å². The van der Waals surface area contributed by atoms with Crippen LogP contribution in [0.15, 0.2) is 36.4 Å². The molecule has 0 aliphatic carbocycles. The first-order valence-corrected chi connectivity index (χ1v) is 17.3. The van der Waals surface area contributed by atoms with Crippen molar-refractivity contribution in [3.05, 3.63) is 42.0 Å². The number of nitrogens with two attached hydrogens (primary N) is 2. The molecule has 0 radical (unpaired) electrons. The van der Waals surface area contributed by atoms with Crippen LogP contribution in [0.3, 0.4) is 0 Å². The molecular weight excluding hydrogens is 520 g/mol. The highest BCUT2D eigenvalue weighted by Gasteiger charge is 2.07. The third-order valence-corrected chi connectivity index (χ3v) is 7.90. The van der Waals surface area contributed by atoms with E-state index in [0.29, 0.717) is 23.7 Å². The Morgan fingerprint density at radius 2 is 0.905 bits per heavy atom. The van der Waals surface area contributed by atoms with Crippen molar-refractivity contribution in [2.45, 2.75) is 149 Å². The van der Waals surface area contributed by atoms with E-state index in [1.165, 1.54) is 116 Å². The monoisotopic (exact) mass is 582 g/mol. The zero-order valence-corrected chi connectivity index (χ0v) is 27.1. The molecule has 0 atom stereocenters. The molecule has 5 heteroatoms. The number of anilines is 2. The second kappa shape index (κ2) is 23.9. The van der Waals surface area contributed by atoms with Crippen molar-refractivity contribution in [1.29, 1.82) is 0 Å². The van der Waals surface area contributed by atoms with Crippen LogP contribution in [0.1, 0.15) is 148 Å². The Bertz CT molecular complexity index is 889. The molecule has 5 nitrogen and oxygen atoms in total. The number of benzene rings is 2. The lowest BCUT2D eigenvalue weighted by molar-refractivity contribution is 0.282. The maximum absolute atomic E-state index is 6.18. The highest BCUT2D eigenvalue weighted by molar-refractivity contribution is 5.60. The van der Waals surface area contributed by atoms with Crippen LogP contribution in [-0.2, 0) is 6.61 Å². The normalized spacial score (nSPS) is 11.1. The summed E-state index contributed by atoms with van der Waals surface area (Å²) in [5.74, 6) is 2.32. The minimum atomic E-state index is 0.387. The van der Waals surface area contributed by atoms with E-state index in [0.717, 1.165) is 43.1 Å². The lowest BCUT2D eigenvalue weighted by atomic mass is 10.1. The maximum Gasteiger partial charge on any atom is 0.142 e. The van der Waals surface area contributed by atoms with Crippen LogP contribution < -0.4 is 25.7 Å². The van der Waals surface area contributed by atoms with Crippen LogP contribution in [0.4, 0.5) is 11.4 Å². The van der Waals surface area contributed by atoms with E-state index in [1.54, 1.807) is 12.1 Å². The van der Waals surface area contributed by atoms with Gasteiger partial charge in [0.2, 0.25) is 0 Å². The predicted octanol–water partition coefficient (Wildman–Crippen LogP) is 11.0. The Hall–Kier alpha value is -2.56. The van der Waals surface area contributed by atoms with Crippen molar-refractivity contribution < 1.29 is 14.2 Å². The Morgan fingerprint density at radius 3 is 1.33 bits per heavy atom. The van der Waals surface area contributed by atoms with E-state index in [-0.39, 0.29) is 0 Å². The molecule has 0 aromatic heterocycles. The van der Waals surface area contributed by atoms with Gasteiger partial charge in [0.25, 0.3) is 0 Å². The van der Waals surface area contributed by atoms with Gasteiger partial charge in [-0.05, 0) is 48.7 Å². The quantitative estimate of drug-likeness (QED) is 0.0809. The molecule has 238 valence electrons. The third kappa shape index (κ3) is 17.4. The fraction of sp³-hybridized carbons (Fsp3) is 0.676. The summed E-state index contributed by atoms with van der Waals surface area (Å²) in [5, 5.41) is 0. The van der Waals surface area contributed by atoms with Gasteiger partial charge in [0, 0.05) is 11.8 Å².